The molecule has 3 heteroatoms. The minimum atomic E-state index is -1.88. The molecular weight excluding hydrogens is 198 g/mol. The second-order valence-electron chi connectivity index (χ2n) is 2.95. The molecule has 0 aromatic heterocycles. The molecule has 1 aromatic carbocycles. The summed E-state index contributed by atoms with van der Waals surface area (Å²) in [5.41, 5.74) is 1.43. The zero-order chi connectivity index (χ0) is 8.77. The summed E-state index contributed by atoms with van der Waals surface area (Å²) in [5.74, 6) is 0. The summed E-state index contributed by atoms with van der Waals surface area (Å²) in [6.07, 6.45) is 0.512. The number of benzene rings is 1. The fraction of sp³-hybridized carbons (Fsp3) is 0.333. The van der Waals surface area contributed by atoms with E-state index < -0.39 is 10.5 Å². The fourth-order valence-corrected chi connectivity index (χ4v) is 2.06. The second kappa shape index (κ2) is 2.61. The van der Waals surface area contributed by atoms with Gasteiger partial charge in [0.2, 0.25) is 5.13 Å². The maximum absolute atomic E-state index is 13.6. The quantitative estimate of drug-likeness (QED) is 0.570. The van der Waals surface area contributed by atoms with Crippen molar-refractivity contribution in [3.8, 4) is 0 Å². The van der Waals surface area contributed by atoms with Crippen molar-refractivity contribution in [1.82, 2.24) is 0 Å². The summed E-state index contributed by atoms with van der Waals surface area (Å²) in [7, 11) is 0. The zero-order valence-electron chi connectivity index (χ0n) is 6.23. The van der Waals surface area contributed by atoms with Crippen LogP contribution < -0.4 is 0 Å². The Labute approximate surface area is 80.3 Å². The number of fused-ring (bicyclic) bond motifs is 1. The lowest BCUT2D eigenvalue weighted by Gasteiger charge is -2.15. The number of hydrogen-bond acceptors (Lipinski definition) is 0. The molecule has 0 heterocycles. The van der Waals surface area contributed by atoms with Crippen molar-refractivity contribution in [3.05, 3.63) is 35.4 Å². The Balaban J connectivity index is 2.55. The van der Waals surface area contributed by atoms with Crippen LogP contribution in [0.2, 0.25) is 0 Å². The number of rotatable bonds is 0. The Hall–Kier alpha value is -0.270. The Kier molecular flexibility index (Phi) is 1.81. The topological polar surface area (TPSA) is 0 Å². The largest absolute Gasteiger partial charge is 0.225 e. The van der Waals surface area contributed by atoms with Gasteiger partial charge < -0.3 is 0 Å². The van der Waals surface area contributed by atoms with E-state index in [1.165, 1.54) is 0 Å². The van der Waals surface area contributed by atoms with E-state index in [1.54, 1.807) is 12.1 Å². The molecule has 1 aliphatic carbocycles. The van der Waals surface area contributed by atoms with Crippen molar-refractivity contribution >= 4 is 23.2 Å². The summed E-state index contributed by atoms with van der Waals surface area (Å²) in [6.45, 7) is 0. The molecule has 0 saturated heterocycles. The van der Waals surface area contributed by atoms with Gasteiger partial charge in [-0.3, -0.25) is 0 Å². The highest BCUT2D eigenvalue weighted by Crippen LogP contribution is 2.46. The third kappa shape index (κ3) is 1.04. The average Bonchev–Trinajstić information content (AvgIpc) is 2.25. The Morgan fingerprint density at radius 1 is 1.42 bits per heavy atom. The van der Waals surface area contributed by atoms with Gasteiger partial charge in [0.15, 0.2) is 0 Å². The molecule has 0 fully saturated rings. The monoisotopic (exact) mass is 204 g/mol. The van der Waals surface area contributed by atoms with Gasteiger partial charge in [0.25, 0.3) is 0 Å². The molecule has 1 aliphatic rings. The Bertz CT molecular complexity index is 309. The van der Waals surface area contributed by atoms with E-state index in [0.717, 1.165) is 5.56 Å². The summed E-state index contributed by atoms with van der Waals surface area (Å²) in [6, 6.07) is 7.17. The van der Waals surface area contributed by atoms with Gasteiger partial charge in [-0.25, -0.2) is 4.39 Å². The maximum atomic E-state index is 13.6. The molecule has 0 N–H and O–H groups in total. The van der Waals surface area contributed by atoms with E-state index >= 15 is 0 Å². The van der Waals surface area contributed by atoms with E-state index in [4.69, 9.17) is 23.2 Å². The normalized spacial score (nSPS) is 33.4. The lowest BCUT2D eigenvalue weighted by molar-refractivity contribution is 0.289. The predicted octanol–water partition coefficient (Wildman–Crippen LogP) is 3.21. The first kappa shape index (κ1) is 8.33. The van der Waals surface area contributed by atoms with Crippen LogP contribution in [0.15, 0.2) is 24.3 Å². The first-order valence-electron chi connectivity index (χ1n) is 3.72. The van der Waals surface area contributed by atoms with E-state index in [9.17, 15) is 4.39 Å². The Morgan fingerprint density at radius 2 is 2.08 bits per heavy atom. The van der Waals surface area contributed by atoms with Crippen molar-refractivity contribution in [3.63, 3.8) is 0 Å². The van der Waals surface area contributed by atoms with Crippen LogP contribution in [0.25, 0.3) is 0 Å². The second-order valence-corrected chi connectivity index (χ2v) is 4.03. The van der Waals surface area contributed by atoms with Crippen molar-refractivity contribution in [2.75, 3.05) is 0 Å². The molecule has 0 radical (unpaired) electrons. The van der Waals surface area contributed by atoms with Crippen molar-refractivity contribution in [2.24, 2.45) is 0 Å². The van der Waals surface area contributed by atoms with Gasteiger partial charge in [0, 0.05) is 5.56 Å². The molecule has 0 nitrogen and oxygen atoms in total. The highest BCUT2D eigenvalue weighted by atomic mass is 35.5. The predicted molar refractivity (Wildman–Crippen MR) is 48.4 cm³/mol. The zero-order valence-corrected chi connectivity index (χ0v) is 7.74. The molecule has 2 atom stereocenters. The molecule has 64 valence electrons. The van der Waals surface area contributed by atoms with Crippen molar-refractivity contribution in [2.45, 2.75) is 16.9 Å². The first-order valence-corrected chi connectivity index (χ1v) is 4.54. The van der Waals surface area contributed by atoms with Crippen molar-refractivity contribution < 1.29 is 4.39 Å². The van der Waals surface area contributed by atoms with Crippen LogP contribution in [-0.4, -0.2) is 5.38 Å². The third-order valence-corrected chi connectivity index (χ3v) is 3.20. The summed E-state index contributed by atoms with van der Waals surface area (Å²) in [4.78, 5) is 0. The van der Waals surface area contributed by atoms with Gasteiger partial charge in [-0.15, -0.1) is 11.6 Å². The Morgan fingerprint density at radius 3 is 2.75 bits per heavy atom. The molecule has 12 heavy (non-hydrogen) atoms. The first-order chi connectivity index (χ1) is 5.62. The van der Waals surface area contributed by atoms with E-state index in [1.807, 2.05) is 12.1 Å². The van der Waals surface area contributed by atoms with E-state index in [0.29, 0.717) is 12.0 Å². The number of halogens is 3. The lowest BCUT2D eigenvalue weighted by atomic mass is 10.1. The van der Waals surface area contributed by atoms with E-state index in [2.05, 4.69) is 0 Å². The van der Waals surface area contributed by atoms with Gasteiger partial charge in [0.1, 0.15) is 0 Å². The summed E-state index contributed by atoms with van der Waals surface area (Å²) in [5, 5.41) is -2.52. The van der Waals surface area contributed by atoms with Gasteiger partial charge in [-0.05, 0) is 12.0 Å². The molecule has 2 unspecified atom stereocenters. The van der Waals surface area contributed by atoms with Crippen LogP contribution >= 0.6 is 23.2 Å². The molecule has 0 spiro atoms. The highest BCUT2D eigenvalue weighted by molar-refractivity contribution is 6.32. The number of hydrogen-bond donors (Lipinski definition) is 0. The number of alkyl halides is 3. The molecule has 1 aromatic rings. The minimum Gasteiger partial charge on any atom is -0.219 e. The van der Waals surface area contributed by atoms with Crippen LogP contribution in [-0.2, 0) is 11.5 Å². The standard InChI is InChI=1S/C9H7Cl2F/c10-8-5-6-3-1-2-4-7(6)9(8,11)12/h1-4,8H,5H2. The summed E-state index contributed by atoms with van der Waals surface area (Å²) < 4.78 is 13.6. The van der Waals surface area contributed by atoms with Gasteiger partial charge in [-0.2, -0.15) is 0 Å². The van der Waals surface area contributed by atoms with Gasteiger partial charge >= 0.3 is 0 Å². The SMILES string of the molecule is FC1(Cl)c2ccccc2CC1Cl. The molecule has 0 saturated carbocycles. The molecule has 2 rings (SSSR count). The average molecular weight is 205 g/mol. The highest BCUT2D eigenvalue weighted by Gasteiger charge is 2.44. The lowest BCUT2D eigenvalue weighted by Crippen LogP contribution is -2.19. The van der Waals surface area contributed by atoms with E-state index in [-0.39, 0.29) is 0 Å². The molecule has 0 bridgehead atoms. The molecule has 0 aliphatic heterocycles. The molecule has 0 amide bonds. The van der Waals surface area contributed by atoms with Crippen molar-refractivity contribution in [1.29, 1.82) is 0 Å². The maximum Gasteiger partial charge on any atom is 0.225 e. The van der Waals surface area contributed by atoms with Gasteiger partial charge in [-0.1, -0.05) is 35.9 Å². The smallest absolute Gasteiger partial charge is 0.219 e. The van der Waals surface area contributed by atoms with Crippen LogP contribution in [0, 0.1) is 0 Å². The molecular formula is C9H7Cl2F. The fourth-order valence-electron chi connectivity index (χ4n) is 1.51. The van der Waals surface area contributed by atoms with Crippen LogP contribution in [0.3, 0.4) is 0 Å². The minimum absolute atomic E-state index is 0.512. The summed E-state index contributed by atoms with van der Waals surface area (Å²) >= 11 is 11.4. The van der Waals surface area contributed by atoms with Crippen LogP contribution in [0.4, 0.5) is 4.39 Å². The third-order valence-electron chi connectivity index (χ3n) is 2.17. The van der Waals surface area contributed by atoms with Gasteiger partial charge in [0.05, 0.1) is 5.38 Å². The van der Waals surface area contributed by atoms with Crippen LogP contribution in [0.5, 0.6) is 0 Å². The van der Waals surface area contributed by atoms with Crippen LogP contribution in [0.1, 0.15) is 11.1 Å².